The lowest BCUT2D eigenvalue weighted by atomic mass is 10.0. The Kier molecular flexibility index (Phi) is 56.4. The maximum atomic E-state index is 12.5. The van der Waals surface area contributed by atoms with Crippen LogP contribution in [0.15, 0.2) is 146 Å². The zero-order chi connectivity index (χ0) is 50.6. The summed E-state index contributed by atoms with van der Waals surface area (Å²) < 4.78 is 0. The van der Waals surface area contributed by atoms with Crippen LogP contribution in [0.25, 0.3) is 0 Å². The first-order valence-corrected chi connectivity index (χ1v) is 29.0. The van der Waals surface area contributed by atoms with Crippen molar-refractivity contribution in [3.8, 4) is 0 Å². The molecule has 70 heavy (non-hydrogen) atoms. The zero-order valence-electron chi connectivity index (χ0n) is 45.5. The lowest BCUT2D eigenvalue weighted by Gasteiger charge is -2.19. The van der Waals surface area contributed by atoms with Crippen molar-refractivity contribution in [1.29, 1.82) is 0 Å². The van der Waals surface area contributed by atoms with Gasteiger partial charge in [-0.25, -0.2) is 0 Å². The van der Waals surface area contributed by atoms with Crippen molar-refractivity contribution in [3.63, 3.8) is 0 Å². The average molecular weight is 965 g/mol. The van der Waals surface area contributed by atoms with Crippen LogP contribution in [0.5, 0.6) is 0 Å². The monoisotopic (exact) mass is 964 g/mol. The first-order chi connectivity index (χ1) is 34.7. The SMILES string of the molecule is CC/C=C\C/C=C\C/C=C\C/C=C\C/C=C\C/C=C\C/C=C\C/C=C\C/C=C\CCCCCCCC(=O)NC(CO)C(O)/C=C/CC/C=C/CC/C=C/CCCCCCCCCCCCCCCCC. The summed E-state index contributed by atoms with van der Waals surface area (Å²) >= 11 is 0. The molecule has 2 atom stereocenters. The number of aliphatic hydroxyl groups excluding tert-OH is 2. The predicted molar refractivity (Wildman–Crippen MR) is 312 cm³/mol. The normalized spacial score (nSPS) is 13.9. The molecule has 4 nitrogen and oxygen atoms in total. The van der Waals surface area contributed by atoms with E-state index >= 15 is 0 Å². The van der Waals surface area contributed by atoms with Crippen molar-refractivity contribution in [2.24, 2.45) is 0 Å². The number of unbranched alkanes of at least 4 members (excludes halogenated alkanes) is 22. The molecule has 0 heterocycles. The van der Waals surface area contributed by atoms with Gasteiger partial charge in [-0.1, -0.05) is 269 Å². The van der Waals surface area contributed by atoms with E-state index < -0.39 is 12.1 Å². The van der Waals surface area contributed by atoms with Crippen molar-refractivity contribution < 1.29 is 15.0 Å². The summed E-state index contributed by atoms with van der Waals surface area (Å²) in [6, 6.07) is -0.669. The standard InChI is InChI=1S/C66H109NO3/c1-3-5-7-9-11-13-15-17-19-21-23-25-27-29-30-31-32-33-34-35-36-38-40-42-44-46-48-50-52-54-56-58-60-62-66(70)67-64(63-68)65(69)61-59-57-55-53-51-49-47-45-43-41-39-37-28-26-24-22-20-18-16-14-12-10-8-6-4-2/h5,7,11,13,17,19,23,25,29-30,32-33,35-36,40,42-43,45-46,48,51,53,59,61,64-65,68-69H,3-4,6,8-10,12,14-16,18,20-22,24,26-28,31,34,37-39,41,44,47,49-50,52,54-58,60,62-63H2,1-2H3,(H,67,70)/b7-5-,13-11-,19-17-,25-23-,30-29-,33-32-,36-35-,42-40-,45-43+,48-46-,53-51+,61-59+. The van der Waals surface area contributed by atoms with Crippen LogP contribution < -0.4 is 5.32 Å². The summed E-state index contributed by atoms with van der Waals surface area (Å²) in [5, 5.41) is 23.1. The fraction of sp³-hybridized carbons (Fsp3) is 0.621. The number of allylic oxidation sites excluding steroid dienone is 23. The minimum absolute atomic E-state index is 0.102. The van der Waals surface area contributed by atoms with E-state index in [0.717, 1.165) is 116 Å². The number of carbonyl (C=O) groups is 1. The molecule has 0 aliphatic heterocycles. The van der Waals surface area contributed by atoms with Gasteiger partial charge >= 0.3 is 0 Å². The minimum Gasteiger partial charge on any atom is -0.394 e. The van der Waals surface area contributed by atoms with E-state index in [0.29, 0.717) is 6.42 Å². The quantitative estimate of drug-likeness (QED) is 0.0420. The Morgan fingerprint density at radius 2 is 0.643 bits per heavy atom. The van der Waals surface area contributed by atoms with Gasteiger partial charge in [-0.3, -0.25) is 4.79 Å². The van der Waals surface area contributed by atoms with Gasteiger partial charge in [-0.15, -0.1) is 0 Å². The van der Waals surface area contributed by atoms with E-state index in [9.17, 15) is 15.0 Å². The molecule has 3 N–H and O–H groups in total. The highest BCUT2D eigenvalue weighted by molar-refractivity contribution is 5.76. The van der Waals surface area contributed by atoms with Crippen LogP contribution in [-0.4, -0.2) is 34.9 Å². The molecule has 4 heteroatoms. The van der Waals surface area contributed by atoms with E-state index in [1.54, 1.807) is 6.08 Å². The Balaban J connectivity index is 3.71. The fourth-order valence-electron chi connectivity index (χ4n) is 7.91. The molecule has 0 saturated heterocycles. The van der Waals surface area contributed by atoms with E-state index in [4.69, 9.17) is 0 Å². The first-order valence-electron chi connectivity index (χ1n) is 29.0. The van der Waals surface area contributed by atoms with Crippen LogP contribution in [-0.2, 0) is 4.79 Å². The molecule has 0 aliphatic carbocycles. The van der Waals surface area contributed by atoms with Gasteiger partial charge in [0.2, 0.25) is 5.91 Å². The Morgan fingerprint density at radius 3 is 1.00 bits per heavy atom. The van der Waals surface area contributed by atoms with Gasteiger partial charge in [0, 0.05) is 6.42 Å². The molecule has 0 spiro atoms. The number of amides is 1. The molecule has 0 bridgehead atoms. The van der Waals surface area contributed by atoms with Gasteiger partial charge in [0.1, 0.15) is 0 Å². The molecule has 396 valence electrons. The summed E-state index contributed by atoms with van der Waals surface area (Å²) in [5.41, 5.74) is 0. The molecule has 0 aromatic heterocycles. The topological polar surface area (TPSA) is 69.6 Å². The number of nitrogens with one attached hydrogen (secondary N) is 1. The Bertz CT molecular complexity index is 1470. The largest absolute Gasteiger partial charge is 0.394 e. The summed E-state index contributed by atoms with van der Waals surface area (Å²) in [6.45, 7) is 4.17. The second-order valence-electron chi connectivity index (χ2n) is 19.0. The molecule has 0 aromatic rings. The number of carbonyl (C=O) groups excluding carboxylic acids is 1. The highest BCUT2D eigenvalue weighted by Gasteiger charge is 2.17. The number of hydrogen-bond acceptors (Lipinski definition) is 3. The zero-order valence-corrected chi connectivity index (χ0v) is 45.5. The highest BCUT2D eigenvalue weighted by Crippen LogP contribution is 2.14. The van der Waals surface area contributed by atoms with Crippen LogP contribution >= 0.6 is 0 Å². The van der Waals surface area contributed by atoms with Crippen molar-refractivity contribution in [3.05, 3.63) is 146 Å². The predicted octanol–water partition coefficient (Wildman–Crippen LogP) is 19.6. The third-order valence-electron chi connectivity index (χ3n) is 12.3. The van der Waals surface area contributed by atoms with Gasteiger partial charge < -0.3 is 15.5 Å². The number of rotatable bonds is 51. The summed E-state index contributed by atoms with van der Waals surface area (Å²) in [4.78, 5) is 12.5. The van der Waals surface area contributed by atoms with E-state index in [-0.39, 0.29) is 12.5 Å². The molecular formula is C66H109NO3. The van der Waals surface area contributed by atoms with E-state index in [2.05, 4.69) is 153 Å². The second kappa shape index (κ2) is 59.6. The minimum atomic E-state index is -0.891. The number of hydrogen-bond donors (Lipinski definition) is 3. The smallest absolute Gasteiger partial charge is 0.220 e. The Labute approximate surface area is 433 Å². The molecule has 0 rings (SSSR count). The Hall–Kier alpha value is -3.73. The average Bonchev–Trinajstić information content (AvgIpc) is 3.36. The maximum absolute atomic E-state index is 12.5. The molecule has 1 amide bonds. The molecule has 0 radical (unpaired) electrons. The lowest BCUT2D eigenvalue weighted by Crippen LogP contribution is -2.45. The molecule has 0 aromatic carbocycles. The first kappa shape index (κ1) is 66.3. The lowest BCUT2D eigenvalue weighted by molar-refractivity contribution is -0.123. The van der Waals surface area contributed by atoms with Crippen LogP contribution in [0.4, 0.5) is 0 Å². The van der Waals surface area contributed by atoms with Gasteiger partial charge in [-0.05, 0) is 116 Å². The van der Waals surface area contributed by atoms with Crippen molar-refractivity contribution >= 4 is 5.91 Å². The molecule has 0 saturated carbocycles. The summed E-state index contributed by atoms with van der Waals surface area (Å²) in [6.07, 6.45) is 94.3. The van der Waals surface area contributed by atoms with Crippen LogP contribution in [0.2, 0.25) is 0 Å². The molecular weight excluding hydrogens is 855 g/mol. The van der Waals surface area contributed by atoms with Gasteiger partial charge in [0.15, 0.2) is 0 Å². The summed E-state index contributed by atoms with van der Waals surface area (Å²) in [5.74, 6) is -0.102. The summed E-state index contributed by atoms with van der Waals surface area (Å²) in [7, 11) is 0. The Morgan fingerprint density at radius 1 is 0.357 bits per heavy atom. The van der Waals surface area contributed by atoms with Gasteiger partial charge in [-0.2, -0.15) is 0 Å². The second-order valence-corrected chi connectivity index (χ2v) is 19.0. The van der Waals surface area contributed by atoms with E-state index in [1.165, 1.54) is 109 Å². The molecule has 2 unspecified atom stereocenters. The van der Waals surface area contributed by atoms with Crippen LogP contribution in [0.1, 0.15) is 245 Å². The van der Waals surface area contributed by atoms with Crippen molar-refractivity contribution in [1.82, 2.24) is 5.32 Å². The van der Waals surface area contributed by atoms with Gasteiger partial charge in [0.05, 0.1) is 18.8 Å². The highest BCUT2D eigenvalue weighted by atomic mass is 16.3. The van der Waals surface area contributed by atoms with Crippen LogP contribution in [0.3, 0.4) is 0 Å². The van der Waals surface area contributed by atoms with Crippen molar-refractivity contribution in [2.45, 2.75) is 257 Å². The number of aliphatic hydroxyl groups is 2. The van der Waals surface area contributed by atoms with E-state index in [1.807, 2.05) is 6.08 Å². The van der Waals surface area contributed by atoms with Gasteiger partial charge in [0.25, 0.3) is 0 Å². The van der Waals surface area contributed by atoms with Crippen LogP contribution in [0, 0.1) is 0 Å². The third-order valence-corrected chi connectivity index (χ3v) is 12.3. The fourth-order valence-corrected chi connectivity index (χ4v) is 7.91. The van der Waals surface area contributed by atoms with Crippen molar-refractivity contribution in [2.75, 3.05) is 6.61 Å². The molecule has 0 aliphatic rings. The maximum Gasteiger partial charge on any atom is 0.220 e. The molecule has 0 fully saturated rings. The third kappa shape index (κ3) is 55.2.